The first-order valence-electron chi connectivity index (χ1n) is 10.2. The van der Waals surface area contributed by atoms with Crippen molar-refractivity contribution in [3.05, 3.63) is 82.4 Å². The number of halogens is 4. The maximum absolute atomic E-state index is 13.9. The Morgan fingerprint density at radius 2 is 1.89 bits per heavy atom. The van der Waals surface area contributed by atoms with Gasteiger partial charge in [-0.15, -0.1) is 0 Å². The molecule has 1 amide bonds. The largest absolute Gasteiger partial charge is 0.481 e. The number of hydrogen-bond acceptors (Lipinski definition) is 5. The van der Waals surface area contributed by atoms with Gasteiger partial charge in [-0.2, -0.15) is 23.5 Å². The van der Waals surface area contributed by atoms with Gasteiger partial charge in [-0.1, -0.05) is 12.1 Å². The van der Waals surface area contributed by atoms with E-state index in [1.807, 2.05) is 6.07 Å². The number of carbonyl (C=O) groups is 1. The highest BCUT2D eigenvalue weighted by Gasteiger charge is 2.39. The van der Waals surface area contributed by atoms with Crippen molar-refractivity contribution in [3.8, 4) is 11.9 Å². The number of methoxy groups -OCH3 is 1. The van der Waals surface area contributed by atoms with E-state index < -0.39 is 29.3 Å². The fourth-order valence-electron chi connectivity index (χ4n) is 3.55. The monoisotopic (exact) mass is 483 g/mol. The van der Waals surface area contributed by atoms with Crippen molar-refractivity contribution in [1.82, 2.24) is 14.8 Å². The van der Waals surface area contributed by atoms with E-state index in [9.17, 15) is 22.4 Å². The normalized spacial score (nSPS) is 11.3. The molecule has 0 unspecified atom stereocenters. The third-order valence-electron chi connectivity index (χ3n) is 5.33. The zero-order chi connectivity index (χ0) is 25.3. The minimum atomic E-state index is -4.85. The van der Waals surface area contributed by atoms with Crippen LogP contribution in [0.5, 0.6) is 5.88 Å². The van der Waals surface area contributed by atoms with E-state index >= 15 is 0 Å². The van der Waals surface area contributed by atoms with Crippen LogP contribution in [0.15, 0.2) is 48.5 Å². The van der Waals surface area contributed by atoms with E-state index in [1.165, 1.54) is 26.2 Å². The number of hydrogen-bond donors (Lipinski definition) is 1. The predicted molar refractivity (Wildman–Crippen MR) is 118 cm³/mol. The highest BCUT2D eigenvalue weighted by atomic mass is 19.4. The molecule has 178 valence electrons. The number of pyridine rings is 1. The molecule has 0 atom stereocenters. The van der Waals surface area contributed by atoms with E-state index in [4.69, 9.17) is 10.00 Å². The van der Waals surface area contributed by atoms with Crippen LogP contribution in [-0.2, 0) is 12.7 Å². The molecule has 0 saturated heterocycles. The molecule has 0 aliphatic rings. The highest BCUT2D eigenvalue weighted by molar-refractivity contribution is 6.13. The lowest BCUT2D eigenvalue weighted by atomic mass is 10.1. The van der Waals surface area contributed by atoms with Gasteiger partial charge in [-0.25, -0.2) is 9.37 Å². The number of nitrogens with zero attached hydrogens (tertiary/aromatic N) is 4. The maximum atomic E-state index is 13.9. The van der Waals surface area contributed by atoms with Gasteiger partial charge in [0.15, 0.2) is 5.69 Å². The van der Waals surface area contributed by atoms with Crippen molar-refractivity contribution < 1.29 is 27.1 Å². The summed E-state index contributed by atoms with van der Waals surface area (Å²) in [6.45, 7) is 1.38. The second-order valence-corrected chi connectivity index (χ2v) is 7.60. The van der Waals surface area contributed by atoms with Crippen LogP contribution in [0.4, 0.5) is 23.2 Å². The maximum Gasteiger partial charge on any atom is 0.437 e. The summed E-state index contributed by atoms with van der Waals surface area (Å²) >= 11 is 0. The van der Waals surface area contributed by atoms with Gasteiger partial charge >= 0.3 is 6.18 Å². The Morgan fingerprint density at radius 3 is 2.51 bits per heavy atom. The summed E-state index contributed by atoms with van der Waals surface area (Å²) in [5.41, 5.74) is -0.580. The van der Waals surface area contributed by atoms with Crippen LogP contribution >= 0.6 is 0 Å². The Hall–Kier alpha value is -4.46. The number of nitriles is 1. The van der Waals surface area contributed by atoms with Crippen LogP contribution in [0.25, 0.3) is 10.9 Å². The Labute approximate surface area is 196 Å². The molecular weight excluding hydrogens is 466 g/mol. The number of carbonyl (C=O) groups excluding carboxylic acids is 1. The molecule has 4 aromatic rings. The SMILES string of the molecule is COc1cc(C(=O)Nc2c(C(F)(F)F)nn(Cc3ccc(C#N)cc3)c2C)c2cc(F)ccc2n1. The first-order valence-corrected chi connectivity index (χ1v) is 10.2. The number of aromatic nitrogens is 3. The van der Waals surface area contributed by atoms with Crippen LogP contribution in [0, 0.1) is 24.1 Å². The Balaban J connectivity index is 1.75. The minimum absolute atomic E-state index is 0.0201. The topological polar surface area (TPSA) is 92.8 Å². The third-order valence-corrected chi connectivity index (χ3v) is 5.33. The fourth-order valence-corrected chi connectivity index (χ4v) is 3.55. The second kappa shape index (κ2) is 9.06. The van der Waals surface area contributed by atoms with Gasteiger partial charge in [0.2, 0.25) is 5.88 Å². The molecule has 2 aromatic heterocycles. The summed E-state index contributed by atoms with van der Waals surface area (Å²) < 4.78 is 61.5. The first kappa shape index (κ1) is 23.7. The third kappa shape index (κ3) is 4.77. The van der Waals surface area contributed by atoms with Crippen LogP contribution in [-0.4, -0.2) is 27.8 Å². The molecule has 35 heavy (non-hydrogen) atoms. The lowest BCUT2D eigenvalue weighted by Gasteiger charge is -2.12. The van der Waals surface area contributed by atoms with Crippen LogP contribution in [0.2, 0.25) is 0 Å². The molecule has 0 saturated carbocycles. The van der Waals surface area contributed by atoms with Crippen LogP contribution < -0.4 is 10.1 Å². The summed E-state index contributed by atoms with van der Waals surface area (Å²) in [6, 6.07) is 13.1. The van der Waals surface area contributed by atoms with Crippen molar-refractivity contribution >= 4 is 22.5 Å². The quantitative estimate of drug-likeness (QED) is 0.400. The number of fused-ring (bicyclic) bond motifs is 1. The lowest BCUT2D eigenvalue weighted by Crippen LogP contribution is -2.17. The summed E-state index contributed by atoms with van der Waals surface area (Å²) in [6.07, 6.45) is -4.85. The van der Waals surface area contributed by atoms with E-state index in [0.29, 0.717) is 11.1 Å². The van der Waals surface area contributed by atoms with Gasteiger partial charge in [-0.05, 0) is 42.8 Å². The molecule has 4 rings (SSSR count). The average Bonchev–Trinajstić information content (AvgIpc) is 3.14. The smallest absolute Gasteiger partial charge is 0.437 e. The van der Waals surface area contributed by atoms with Crippen molar-refractivity contribution in [3.63, 3.8) is 0 Å². The molecule has 1 N–H and O–H groups in total. The number of ether oxygens (including phenoxy) is 1. The summed E-state index contributed by atoms with van der Waals surface area (Å²) in [4.78, 5) is 17.3. The standard InChI is InChI=1S/C24H17F4N5O2/c1-13-21(22(24(26,27)28)32-33(13)12-15-5-3-14(11-29)4-6-15)31-23(34)18-10-20(35-2)30-19-8-7-16(25)9-17(18)19/h3-10H,12H2,1-2H3,(H,31,34). The zero-order valence-corrected chi connectivity index (χ0v) is 18.4. The van der Waals surface area contributed by atoms with Gasteiger partial charge in [0, 0.05) is 11.5 Å². The van der Waals surface area contributed by atoms with E-state index in [2.05, 4.69) is 15.4 Å². The molecule has 0 spiro atoms. The molecule has 2 heterocycles. The van der Waals surface area contributed by atoms with Gasteiger partial charge < -0.3 is 10.1 Å². The molecular formula is C24H17F4N5O2. The van der Waals surface area contributed by atoms with Gasteiger partial charge in [0.1, 0.15) is 5.82 Å². The second-order valence-electron chi connectivity index (χ2n) is 7.60. The number of amides is 1. The van der Waals surface area contributed by atoms with Crippen LogP contribution in [0.1, 0.15) is 32.9 Å². The average molecular weight is 483 g/mol. The number of nitrogens with one attached hydrogen (secondary N) is 1. The predicted octanol–water partition coefficient (Wildman–Crippen LogP) is 5.08. The van der Waals surface area contributed by atoms with E-state index in [-0.39, 0.29) is 34.6 Å². The lowest BCUT2D eigenvalue weighted by molar-refractivity contribution is -0.140. The Bertz CT molecular complexity index is 1470. The molecule has 2 aromatic carbocycles. The molecule has 11 heteroatoms. The number of alkyl halides is 3. The number of anilines is 1. The van der Waals surface area contributed by atoms with Gasteiger partial charge in [0.25, 0.3) is 5.91 Å². The van der Waals surface area contributed by atoms with E-state index in [1.54, 1.807) is 24.3 Å². The number of benzene rings is 2. The van der Waals surface area contributed by atoms with Gasteiger partial charge in [0.05, 0.1) is 47.7 Å². The molecule has 0 radical (unpaired) electrons. The zero-order valence-electron chi connectivity index (χ0n) is 18.4. The summed E-state index contributed by atoms with van der Waals surface area (Å²) in [5, 5.41) is 15.0. The number of rotatable bonds is 5. The van der Waals surface area contributed by atoms with E-state index in [0.717, 1.165) is 16.8 Å². The summed E-state index contributed by atoms with van der Waals surface area (Å²) in [5.74, 6) is -1.51. The van der Waals surface area contributed by atoms with Crippen molar-refractivity contribution in [1.29, 1.82) is 5.26 Å². The fraction of sp³-hybridized carbons (Fsp3) is 0.167. The Morgan fingerprint density at radius 1 is 1.17 bits per heavy atom. The van der Waals surface area contributed by atoms with Crippen molar-refractivity contribution in [2.75, 3.05) is 12.4 Å². The molecule has 7 nitrogen and oxygen atoms in total. The Kier molecular flexibility index (Phi) is 6.13. The van der Waals surface area contributed by atoms with Crippen LogP contribution in [0.3, 0.4) is 0 Å². The van der Waals surface area contributed by atoms with Gasteiger partial charge in [-0.3, -0.25) is 9.48 Å². The molecule has 0 aliphatic heterocycles. The highest BCUT2D eigenvalue weighted by Crippen LogP contribution is 2.36. The minimum Gasteiger partial charge on any atom is -0.481 e. The molecule has 0 bridgehead atoms. The van der Waals surface area contributed by atoms with Crippen molar-refractivity contribution in [2.24, 2.45) is 0 Å². The molecule has 0 fully saturated rings. The summed E-state index contributed by atoms with van der Waals surface area (Å²) in [7, 11) is 1.32. The molecule has 0 aliphatic carbocycles. The first-order chi connectivity index (χ1) is 16.6. The van der Waals surface area contributed by atoms with Crippen molar-refractivity contribution in [2.45, 2.75) is 19.6 Å².